The van der Waals surface area contributed by atoms with E-state index in [9.17, 15) is 4.39 Å². The van der Waals surface area contributed by atoms with Gasteiger partial charge >= 0.3 is 0 Å². The monoisotopic (exact) mass is 400 g/mol. The number of aromatic nitrogens is 2. The van der Waals surface area contributed by atoms with Gasteiger partial charge in [-0.2, -0.15) is 0 Å². The molecule has 1 aliphatic rings. The lowest BCUT2D eigenvalue weighted by Crippen LogP contribution is -2.48. The van der Waals surface area contributed by atoms with Crippen molar-refractivity contribution in [3.05, 3.63) is 95.7 Å². The Kier molecular flexibility index (Phi) is 4.97. The minimum Gasteiger partial charge on any atom is -0.369 e. The zero-order valence-electron chi connectivity index (χ0n) is 17.1. The van der Waals surface area contributed by atoms with Crippen LogP contribution in [0.5, 0.6) is 0 Å². The summed E-state index contributed by atoms with van der Waals surface area (Å²) in [6.45, 7) is 5.83. The number of benzene rings is 2. The first kappa shape index (κ1) is 18.8. The van der Waals surface area contributed by atoms with E-state index in [0.717, 1.165) is 31.9 Å². The first-order valence-corrected chi connectivity index (χ1v) is 10.4. The van der Waals surface area contributed by atoms with E-state index in [1.165, 1.54) is 39.9 Å². The molecule has 5 heteroatoms. The van der Waals surface area contributed by atoms with Gasteiger partial charge in [0.1, 0.15) is 5.82 Å². The number of nitrogens with zero attached hydrogens (tertiary/aromatic N) is 3. The number of hydrogen-bond acceptors (Lipinski definition) is 3. The van der Waals surface area contributed by atoms with E-state index in [1.54, 1.807) is 0 Å². The summed E-state index contributed by atoms with van der Waals surface area (Å²) in [4.78, 5) is 12.8. The van der Waals surface area contributed by atoms with Crippen LogP contribution >= 0.6 is 0 Å². The summed E-state index contributed by atoms with van der Waals surface area (Å²) in [7, 11) is 0. The maximum Gasteiger partial charge on any atom is 0.123 e. The minimum atomic E-state index is -0.191. The van der Waals surface area contributed by atoms with E-state index >= 15 is 0 Å². The van der Waals surface area contributed by atoms with Crippen LogP contribution in [0.4, 0.5) is 10.1 Å². The van der Waals surface area contributed by atoms with Gasteiger partial charge in [0.15, 0.2) is 0 Å². The van der Waals surface area contributed by atoms with Gasteiger partial charge in [0.25, 0.3) is 0 Å². The van der Waals surface area contributed by atoms with E-state index in [1.807, 2.05) is 30.6 Å². The Morgan fingerprint density at radius 2 is 1.70 bits per heavy atom. The fourth-order valence-corrected chi connectivity index (χ4v) is 4.64. The molecule has 1 fully saturated rings. The third kappa shape index (κ3) is 3.46. The van der Waals surface area contributed by atoms with Crippen LogP contribution in [0.25, 0.3) is 10.9 Å². The van der Waals surface area contributed by atoms with Gasteiger partial charge in [-0.15, -0.1) is 0 Å². The molecule has 3 heterocycles. The van der Waals surface area contributed by atoms with Gasteiger partial charge in [-0.1, -0.05) is 24.3 Å². The van der Waals surface area contributed by atoms with E-state index < -0.39 is 0 Å². The Balaban J connectivity index is 1.48. The van der Waals surface area contributed by atoms with Crippen LogP contribution < -0.4 is 4.90 Å². The van der Waals surface area contributed by atoms with Crippen LogP contribution in [0.2, 0.25) is 0 Å². The van der Waals surface area contributed by atoms with Crippen molar-refractivity contribution in [1.82, 2.24) is 14.9 Å². The predicted molar refractivity (Wildman–Crippen MR) is 119 cm³/mol. The summed E-state index contributed by atoms with van der Waals surface area (Å²) in [5.74, 6) is -0.191. The number of halogens is 1. The lowest BCUT2D eigenvalue weighted by Gasteiger charge is -2.40. The van der Waals surface area contributed by atoms with E-state index in [-0.39, 0.29) is 11.9 Å². The van der Waals surface area contributed by atoms with Gasteiger partial charge in [-0.05, 0) is 48.9 Å². The lowest BCUT2D eigenvalue weighted by atomic mass is 9.95. The van der Waals surface area contributed by atoms with Gasteiger partial charge in [0.2, 0.25) is 0 Å². The maximum absolute atomic E-state index is 13.3. The quantitative estimate of drug-likeness (QED) is 0.528. The zero-order valence-corrected chi connectivity index (χ0v) is 17.1. The molecule has 4 nitrogen and oxygen atoms in total. The molecule has 0 aliphatic carbocycles. The number of piperazine rings is 1. The van der Waals surface area contributed by atoms with Gasteiger partial charge in [0.05, 0.1) is 6.04 Å². The molecule has 1 saturated heterocycles. The highest BCUT2D eigenvalue weighted by atomic mass is 19.1. The molecule has 2 aromatic carbocycles. The van der Waals surface area contributed by atoms with Crippen molar-refractivity contribution in [2.45, 2.75) is 13.0 Å². The predicted octanol–water partition coefficient (Wildman–Crippen LogP) is 4.92. The number of aromatic amines is 1. The molecule has 2 aromatic heterocycles. The molecule has 0 radical (unpaired) electrons. The number of hydrogen-bond donors (Lipinski definition) is 1. The third-order valence-electron chi connectivity index (χ3n) is 6.09. The summed E-state index contributed by atoms with van der Waals surface area (Å²) in [6.07, 6.45) is 3.81. The molecule has 1 atom stereocenters. The normalized spacial score (nSPS) is 16.1. The van der Waals surface area contributed by atoms with Crippen LogP contribution in [-0.4, -0.2) is 41.0 Å². The summed E-state index contributed by atoms with van der Waals surface area (Å²) >= 11 is 0. The minimum absolute atomic E-state index is 0.144. The maximum atomic E-state index is 13.3. The SMILES string of the molecule is Cc1[nH]c2ccccc2c1[C@H](c1cccnc1)N1CCN(c2ccc(F)cc2)CC1. The smallest absolute Gasteiger partial charge is 0.123 e. The van der Waals surface area contributed by atoms with Crippen LogP contribution in [0, 0.1) is 12.7 Å². The summed E-state index contributed by atoms with van der Waals surface area (Å²) in [5, 5.41) is 1.27. The molecular formula is C25H25FN4. The molecule has 0 spiro atoms. The molecular weight excluding hydrogens is 375 g/mol. The van der Waals surface area contributed by atoms with Crippen molar-refractivity contribution in [3.8, 4) is 0 Å². The van der Waals surface area contributed by atoms with Gasteiger partial charge in [0, 0.05) is 66.4 Å². The molecule has 152 valence electrons. The Morgan fingerprint density at radius 1 is 0.933 bits per heavy atom. The summed E-state index contributed by atoms with van der Waals surface area (Å²) < 4.78 is 13.3. The number of H-pyrrole nitrogens is 1. The highest BCUT2D eigenvalue weighted by Gasteiger charge is 2.29. The molecule has 30 heavy (non-hydrogen) atoms. The zero-order chi connectivity index (χ0) is 20.5. The highest BCUT2D eigenvalue weighted by Crippen LogP contribution is 2.36. The van der Waals surface area contributed by atoms with Crippen molar-refractivity contribution in [2.75, 3.05) is 31.1 Å². The molecule has 0 amide bonds. The Labute approximate surface area is 176 Å². The lowest BCUT2D eigenvalue weighted by molar-refractivity contribution is 0.212. The number of nitrogens with one attached hydrogen (secondary N) is 1. The standard InChI is InChI=1S/C25H25FN4/c1-18-24(22-6-2-3-7-23(22)28-18)25(19-5-4-12-27-17-19)30-15-13-29(14-16-30)21-10-8-20(26)9-11-21/h2-12,17,25,28H,13-16H2,1H3/t25-/m0/s1. The van der Waals surface area contributed by atoms with Gasteiger partial charge in [-0.3, -0.25) is 9.88 Å². The molecule has 5 rings (SSSR count). The number of rotatable bonds is 4. The Hall–Kier alpha value is -3.18. The van der Waals surface area contributed by atoms with E-state index in [0.29, 0.717) is 0 Å². The molecule has 0 unspecified atom stereocenters. The molecule has 1 aliphatic heterocycles. The van der Waals surface area contributed by atoms with Crippen LogP contribution in [0.3, 0.4) is 0 Å². The summed E-state index contributed by atoms with van der Waals surface area (Å²) in [5.41, 5.74) is 5.99. The highest BCUT2D eigenvalue weighted by molar-refractivity contribution is 5.85. The van der Waals surface area contributed by atoms with E-state index in [4.69, 9.17) is 0 Å². The molecule has 0 saturated carbocycles. The number of pyridine rings is 1. The fourth-order valence-electron chi connectivity index (χ4n) is 4.64. The average Bonchev–Trinajstić information content (AvgIpc) is 3.12. The number of anilines is 1. The van der Waals surface area contributed by atoms with Gasteiger partial charge in [-0.25, -0.2) is 4.39 Å². The second-order valence-electron chi connectivity index (χ2n) is 7.90. The number of para-hydroxylation sites is 1. The second kappa shape index (κ2) is 7.92. The van der Waals surface area contributed by atoms with E-state index in [2.05, 4.69) is 57.0 Å². The largest absolute Gasteiger partial charge is 0.369 e. The Morgan fingerprint density at radius 3 is 2.43 bits per heavy atom. The van der Waals surface area contributed by atoms with Gasteiger partial charge < -0.3 is 9.88 Å². The molecule has 4 aromatic rings. The number of fused-ring (bicyclic) bond motifs is 1. The third-order valence-corrected chi connectivity index (χ3v) is 6.09. The first-order chi connectivity index (χ1) is 14.7. The van der Waals surface area contributed by atoms with Crippen molar-refractivity contribution < 1.29 is 4.39 Å². The molecule has 0 bridgehead atoms. The van der Waals surface area contributed by atoms with Crippen molar-refractivity contribution in [2.24, 2.45) is 0 Å². The summed E-state index contributed by atoms with van der Waals surface area (Å²) in [6, 6.07) is 19.7. The fraction of sp³-hybridized carbons (Fsp3) is 0.240. The van der Waals surface area contributed by atoms with Crippen LogP contribution in [0.15, 0.2) is 73.1 Å². The van der Waals surface area contributed by atoms with Crippen molar-refractivity contribution >= 4 is 16.6 Å². The first-order valence-electron chi connectivity index (χ1n) is 10.4. The van der Waals surface area contributed by atoms with Crippen LogP contribution in [-0.2, 0) is 0 Å². The van der Waals surface area contributed by atoms with Crippen LogP contribution in [0.1, 0.15) is 22.9 Å². The molecule has 1 N–H and O–H groups in total. The Bertz CT molecular complexity index is 1130. The van der Waals surface area contributed by atoms with Crippen molar-refractivity contribution in [3.63, 3.8) is 0 Å². The average molecular weight is 401 g/mol. The second-order valence-corrected chi connectivity index (χ2v) is 7.90. The van der Waals surface area contributed by atoms with Crippen molar-refractivity contribution in [1.29, 1.82) is 0 Å². The topological polar surface area (TPSA) is 35.2 Å². The number of aryl methyl sites for hydroxylation is 1.